The Bertz CT molecular complexity index is 402. The first kappa shape index (κ1) is 8.25. The van der Waals surface area contributed by atoms with Gasteiger partial charge in [-0.2, -0.15) is 0 Å². The Labute approximate surface area is 78.1 Å². The van der Waals surface area contributed by atoms with Crippen molar-refractivity contribution < 1.29 is 9.72 Å². The van der Waals surface area contributed by atoms with Gasteiger partial charge in [-0.3, -0.25) is 14.9 Å². The van der Waals surface area contributed by atoms with E-state index in [1.807, 2.05) is 0 Å². The van der Waals surface area contributed by atoms with E-state index in [2.05, 4.69) is 0 Å². The van der Waals surface area contributed by atoms with E-state index in [-0.39, 0.29) is 16.4 Å². The Morgan fingerprint density at radius 3 is 2.92 bits per heavy atom. The van der Waals surface area contributed by atoms with Crippen LogP contribution in [0, 0.1) is 10.1 Å². The van der Waals surface area contributed by atoms with Crippen molar-refractivity contribution in [1.29, 1.82) is 0 Å². The third kappa shape index (κ3) is 1.21. The van der Waals surface area contributed by atoms with Gasteiger partial charge in [-0.25, -0.2) is 0 Å². The van der Waals surface area contributed by atoms with Gasteiger partial charge in [0.15, 0.2) is 0 Å². The molecule has 1 aliphatic rings. The third-order valence-electron chi connectivity index (χ3n) is 1.89. The van der Waals surface area contributed by atoms with Crippen LogP contribution >= 0.6 is 11.8 Å². The molecule has 0 atom stereocenters. The van der Waals surface area contributed by atoms with E-state index in [0.29, 0.717) is 5.75 Å². The highest BCUT2D eigenvalue weighted by Crippen LogP contribution is 2.35. The molecule has 0 spiro atoms. The second-order valence-electron chi connectivity index (χ2n) is 2.64. The Hall–Kier alpha value is -1.36. The zero-order valence-corrected chi connectivity index (χ0v) is 7.34. The first-order valence-electron chi connectivity index (χ1n) is 3.63. The molecule has 0 saturated heterocycles. The largest absolute Gasteiger partial charge is 0.281 e. The Morgan fingerprint density at radius 2 is 2.23 bits per heavy atom. The number of fused-ring (bicyclic) bond motifs is 1. The summed E-state index contributed by atoms with van der Waals surface area (Å²) in [7, 11) is 0. The van der Waals surface area contributed by atoms with Gasteiger partial charge in [0, 0.05) is 11.8 Å². The van der Waals surface area contributed by atoms with Gasteiger partial charge < -0.3 is 0 Å². The quantitative estimate of drug-likeness (QED) is 0.507. The number of benzene rings is 1. The predicted octanol–water partition coefficient (Wildman–Crippen LogP) is 1.98. The number of nitro groups is 1. The van der Waals surface area contributed by atoms with Crippen LogP contribution in [-0.2, 0) is 5.75 Å². The van der Waals surface area contributed by atoms with Gasteiger partial charge in [0.2, 0.25) is 5.12 Å². The number of rotatable bonds is 1. The van der Waals surface area contributed by atoms with Crippen molar-refractivity contribution >= 4 is 22.6 Å². The lowest BCUT2D eigenvalue weighted by Crippen LogP contribution is -1.97. The van der Waals surface area contributed by atoms with Gasteiger partial charge in [-0.05, 0) is 5.56 Å². The third-order valence-corrected chi connectivity index (χ3v) is 2.81. The summed E-state index contributed by atoms with van der Waals surface area (Å²) >= 11 is 1.11. The predicted molar refractivity (Wildman–Crippen MR) is 48.7 cm³/mol. The van der Waals surface area contributed by atoms with E-state index in [9.17, 15) is 14.9 Å². The Morgan fingerprint density at radius 1 is 1.46 bits per heavy atom. The standard InChI is InChI=1S/C8H5NO3S/c10-8-7-5(4-13-8)2-1-3-6(7)9(11)12/h1-3H,4H2. The van der Waals surface area contributed by atoms with Crippen molar-refractivity contribution in [2.75, 3.05) is 0 Å². The minimum Gasteiger partial charge on any atom is -0.281 e. The molecule has 0 bridgehead atoms. The van der Waals surface area contributed by atoms with Gasteiger partial charge in [0.05, 0.1) is 4.92 Å². The highest BCUT2D eigenvalue weighted by molar-refractivity contribution is 8.14. The first-order chi connectivity index (χ1) is 6.20. The number of nitrogens with zero attached hydrogens (tertiary/aromatic N) is 1. The summed E-state index contributed by atoms with van der Waals surface area (Å²) in [5.41, 5.74) is 0.967. The van der Waals surface area contributed by atoms with Crippen LogP contribution in [0.5, 0.6) is 0 Å². The summed E-state index contributed by atoms with van der Waals surface area (Å²) in [5.74, 6) is 0.551. The molecular formula is C8H5NO3S. The van der Waals surface area contributed by atoms with Crippen molar-refractivity contribution in [1.82, 2.24) is 0 Å². The van der Waals surface area contributed by atoms with Crippen LogP contribution in [0.25, 0.3) is 0 Å². The maximum Gasteiger partial charge on any atom is 0.281 e. The molecule has 0 aliphatic carbocycles. The molecular weight excluding hydrogens is 190 g/mol. The van der Waals surface area contributed by atoms with Gasteiger partial charge in [0.25, 0.3) is 5.69 Å². The topological polar surface area (TPSA) is 60.2 Å². The van der Waals surface area contributed by atoms with Crippen molar-refractivity contribution in [3.63, 3.8) is 0 Å². The number of carbonyl (C=O) groups excluding carboxylic acids is 1. The van der Waals surface area contributed by atoms with E-state index in [4.69, 9.17) is 0 Å². The first-order valence-corrected chi connectivity index (χ1v) is 4.62. The molecule has 66 valence electrons. The molecule has 4 nitrogen and oxygen atoms in total. The van der Waals surface area contributed by atoms with E-state index in [1.54, 1.807) is 12.1 Å². The summed E-state index contributed by atoms with van der Waals surface area (Å²) in [6, 6.07) is 4.72. The molecule has 0 N–H and O–H groups in total. The fourth-order valence-corrected chi connectivity index (χ4v) is 2.22. The lowest BCUT2D eigenvalue weighted by Gasteiger charge is -1.96. The molecule has 1 aromatic rings. The molecule has 1 heterocycles. The SMILES string of the molecule is O=C1SCc2cccc([N+](=O)[O-])c21. The minimum atomic E-state index is -0.511. The van der Waals surface area contributed by atoms with Gasteiger partial charge in [-0.15, -0.1) is 0 Å². The van der Waals surface area contributed by atoms with E-state index in [1.165, 1.54) is 6.07 Å². The van der Waals surface area contributed by atoms with Crippen LogP contribution < -0.4 is 0 Å². The molecule has 5 heteroatoms. The van der Waals surface area contributed by atoms with Crippen LogP contribution in [0.1, 0.15) is 15.9 Å². The molecule has 0 fully saturated rings. The highest BCUT2D eigenvalue weighted by atomic mass is 32.2. The zero-order valence-electron chi connectivity index (χ0n) is 6.52. The second kappa shape index (κ2) is 2.85. The molecule has 1 aromatic carbocycles. The molecule has 13 heavy (non-hydrogen) atoms. The van der Waals surface area contributed by atoms with Crippen LogP contribution in [-0.4, -0.2) is 10.0 Å². The molecule has 2 rings (SSSR count). The summed E-state index contributed by atoms with van der Waals surface area (Å²) in [5, 5.41) is 10.4. The van der Waals surface area contributed by atoms with Crippen molar-refractivity contribution in [2.45, 2.75) is 5.75 Å². The Kier molecular flexibility index (Phi) is 1.81. The van der Waals surface area contributed by atoms with Crippen molar-refractivity contribution in [3.8, 4) is 0 Å². The molecule has 1 aliphatic heterocycles. The molecule has 0 aromatic heterocycles. The number of hydrogen-bond acceptors (Lipinski definition) is 4. The Balaban J connectivity index is 2.66. The van der Waals surface area contributed by atoms with Crippen LogP contribution in [0.15, 0.2) is 18.2 Å². The fourth-order valence-electron chi connectivity index (χ4n) is 1.31. The van der Waals surface area contributed by atoms with E-state index < -0.39 is 4.92 Å². The molecule has 0 amide bonds. The number of thioether (sulfide) groups is 1. The van der Waals surface area contributed by atoms with Crippen LogP contribution in [0.2, 0.25) is 0 Å². The second-order valence-corrected chi connectivity index (χ2v) is 3.59. The minimum absolute atomic E-state index is 0.0764. The normalized spacial score (nSPS) is 14.3. The lowest BCUT2D eigenvalue weighted by atomic mass is 10.1. The maximum absolute atomic E-state index is 11.2. The maximum atomic E-state index is 11.2. The number of nitro benzene ring substituents is 1. The van der Waals surface area contributed by atoms with Gasteiger partial charge >= 0.3 is 0 Å². The molecule has 0 saturated carbocycles. The van der Waals surface area contributed by atoms with E-state index in [0.717, 1.165) is 17.3 Å². The highest BCUT2D eigenvalue weighted by Gasteiger charge is 2.28. The van der Waals surface area contributed by atoms with Crippen LogP contribution in [0.4, 0.5) is 5.69 Å². The van der Waals surface area contributed by atoms with E-state index >= 15 is 0 Å². The summed E-state index contributed by atoms with van der Waals surface area (Å²) in [4.78, 5) is 21.3. The number of hydrogen-bond donors (Lipinski definition) is 0. The van der Waals surface area contributed by atoms with Crippen molar-refractivity contribution in [3.05, 3.63) is 39.4 Å². The zero-order chi connectivity index (χ0) is 9.42. The van der Waals surface area contributed by atoms with Crippen molar-refractivity contribution in [2.24, 2.45) is 0 Å². The summed E-state index contributed by atoms with van der Waals surface area (Å²) in [6.45, 7) is 0. The smallest absolute Gasteiger partial charge is 0.281 e. The summed E-state index contributed by atoms with van der Waals surface area (Å²) < 4.78 is 0. The monoisotopic (exact) mass is 195 g/mol. The van der Waals surface area contributed by atoms with Crippen LogP contribution in [0.3, 0.4) is 0 Å². The van der Waals surface area contributed by atoms with Gasteiger partial charge in [-0.1, -0.05) is 23.9 Å². The average Bonchev–Trinajstić information content (AvgIpc) is 2.48. The average molecular weight is 195 g/mol. The number of carbonyl (C=O) groups is 1. The molecule has 0 radical (unpaired) electrons. The molecule has 0 unspecified atom stereocenters. The summed E-state index contributed by atoms with van der Waals surface area (Å²) in [6.07, 6.45) is 0. The lowest BCUT2D eigenvalue weighted by molar-refractivity contribution is -0.385. The van der Waals surface area contributed by atoms with Gasteiger partial charge in [0.1, 0.15) is 5.56 Å². The fraction of sp³-hybridized carbons (Fsp3) is 0.125.